The summed E-state index contributed by atoms with van der Waals surface area (Å²) in [5, 5.41) is 3.22. The molecule has 1 aromatic heterocycles. The van der Waals surface area contributed by atoms with Gasteiger partial charge in [-0.1, -0.05) is 13.0 Å². The van der Waals surface area contributed by atoms with Gasteiger partial charge in [0.15, 0.2) is 0 Å². The second-order valence-corrected chi connectivity index (χ2v) is 5.31. The maximum Gasteiger partial charge on any atom is 0.128 e. The molecule has 1 heterocycles. The van der Waals surface area contributed by atoms with Crippen molar-refractivity contribution in [1.29, 1.82) is 0 Å². The summed E-state index contributed by atoms with van der Waals surface area (Å²) in [4.78, 5) is 6.81. The number of pyridine rings is 1. The fourth-order valence-corrected chi connectivity index (χ4v) is 2.14. The van der Waals surface area contributed by atoms with E-state index >= 15 is 0 Å². The van der Waals surface area contributed by atoms with Gasteiger partial charge in [0.2, 0.25) is 0 Å². The van der Waals surface area contributed by atoms with Crippen LogP contribution in [-0.2, 0) is 0 Å². The molecular formula is C14H23N3. The Labute approximate surface area is 104 Å². The average Bonchev–Trinajstić information content (AvgIpc) is 3.04. The first-order valence-corrected chi connectivity index (χ1v) is 6.46. The summed E-state index contributed by atoms with van der Waals surface area (Å²) < 4.78 is 0. The lowest BCUT2D eigenvalue weighted by molar-refractivity contribution is 0.648. The van der Waals surface area contributed by atoms with E-state index in [1.54, 1.807) is 0 Å². The van der Waals surface area contributed by atoms with Gasteiger partial charge in [0.05, 0.1) is 0 Å². The summed E-state index contributed by atoms with van der Waals surface area (Å²) in [5.74, 6) is 2.86. The monoisotopic (exact) mass is 233 g/mol. The second-order valence-electron chi connectivity index (χ2n) is 5.31. The van der Waals surface area contributed by atoms with Crippen LogP contribution < -0.4 is 10.2 Å². The number of aromatic nitrogens is 1. The second kappa shape index (κ2) is 5.05. The van der Waals surface area contributed by atoms with E-state index < -0.39 is 0 Å². The molecule has 1 saturated carbocycles. The van der Waals surface area contributed by atoms with Gasteiger partial charge in [-0.3, -0.25) is 0 Å². The molecule has 1 fully saturated rings. The van der Waals surface area contributed by atoms with E-state index in [4.69, 9.17) is 0 Å². The minimum Gasteiger partial charge on any atom is -0.359 e. The summed E-state index contributed by atoms with van der Waals surface area (Å²) in [6.07, 6.45) is 3.35. The molecule has 1 aromatic rings. The first kappa shape index (κ1) is 12.4. The van der Waals surface area contributed by atoms with E-state index in [9.17, 15) is 0 Å². The number of hydrogen-bond acceptors (Lipinski definition) is 3. The minimum absolute atomic E-state index is 0.366. The van der Waals surface area contributed by atoms with E-state index in [0.29, 0.717) is 6.04 Å². The van der Waals surface area contributed by atoms with E-state index in [1.807, 2.05) is 13.2 Å². The van der Waals surface area contributed by atoms with Crippen molar-refractivity contribution in [2.75, 3.05) is 25.5 Å². The Bertz CT molecular complexity index is 360. The van der Waals surface area contributed by atoms with Gasteiger partial charge in [0, 0.05) is 25.8 Å². The molecule has 0 spiro atoms. The van der Waals surface area contributed by atoms with Crippen molar-refractivity contribution in [3.63, 3.8) is 0 Å². The summed E-state index contributed by atoms with van der Waals surface area (Å²) in [6, 6.07) is 4.65. The van der Waals surface area contributed by atoms with Crippen molar-refractivity contribution in [1.82, 2.24) is 10.3 Å². The smallest absolute Gasteiger partial charge is 0.128 e. The van der Waals surface area contributed by atoms with Gasteiger partial charge >= 0.3 is 0 Å². The first-order chi connectivity index (χ1) is 8.11. The third-order valence-corrected chi connectivity index (χ3v) is 3.88. The lowest BCUT2D eigenvalue weighted by Gasteiger charge is -2.19. The van der Waals surface area contributed by atoms with Crippen LogP contribution in [0.5, 0.6) is 0 Å². The molecular weight excluding hydrogens is 210 g/mol. The molecule has 0 bridgehead atoms. The molecule has 1 aliphatic rings. The van der Waals surface area contributed by atoms with Crippen molar-refractivity contribution in [2.45, 2.75) is 26.3 Å². The lowest BCUT2D eigenvalue weighted by atomic mass is 10.1. The highest BCUT2D eigenvalue weighted by atomic mass is 15.2. The molecule has 2 rings (SSSR count). The standard InChI is InChI=1S/C14H23N3/c1-10-7-13(10)9-17(4)14-6-5-12(8-16-14)11(2)15-3/h5-6,8,10-11,13,15H,7,9H2,1-4H3. The van der Waals surface area contributed by atoms with Crippen LogP contribution in [0, 0.1) is 11.8 Å². The maximum atomic E-state index is 4.54. The van der Waals surface area contributed by atoms with Gasteiger partial charge in [-0.05, 0) is 43.9 Å². The number of nitrogens with zero attached hydrogens (tertiary/aromatic N) is 2. The lowest BCUT2D eigenvalue weighted by Crippen LogP contribution is -2.22. The van der Waals surface area contributed by atoms with Gasteiger partial charge in [0.1, 0.15) is 5.82 Å². The van der Waals surface area contributed by atoms with E-state index in [0.717, 1.165) is 24.2 Å². The highest BCUT2D eigenvalue weighted by Gasteiger charge is 2.33. The summed E-state index contributed by atoms with van der Waals surface area (Å²) in [5.41, 5.74) is 1.24. The maximum absolute atomic E-state index is 4.54. The highest BCUT2D eigenvalue weighted by molar-refractivity contribution is 5.39. The predicted molar refractivity (Wildman–Crippen MR) is 72.3 cm³/mol. The van der Waals surface area contributed by atoms with Gasteiger partial charge in [-0.15, -0.1) is 0 Å². The summed E-state index contributed by atoms with van der Waals surface area (Å²) in [7, 11) is 4.10. The Hall–Kier alpha value is -1.09. The van der Waals surface area contributed by atoms with Crippen LogP contribution in [0.4, 0.5) is 5.82 Å². The van der Waals surface area contributed by atoms with Crippen molar-refractivity contribution >= 4 is 5.82 Å². The topological polar surface area (TPSA) is 28.2 Å². The van der Waals surface area contributed by atoms with Gasteiger partial charge in [-0.25, -0.2) is 4.98 Å². The van der Waals surface area contributed by atoms with Crippen LogP contribution in [0.2, 0.25) is 0 Å². The Kier molecular flexibility index (Phi) is 3.67. The molecule has 1 aliphatic carbocycles. The first-order valence-electron chi connectivity index (χ1n) is 6.46. The van der Waals surface area contributed by atoms with E-state index in [1.165, 1.54) is 12.0 Å². The molecule has 0 aliphatic heterocycles. The zero-order valence-electron chi connectivity index (χ0n) is 11.3. The number of nitrogens with one attached hydrogen (secondary N) is 1. The Morgan fingerprint density at radius 3 is 2.71 bits per heavy atom. The molecule has 1 N–H and O–H groups in total. The molecule has 3 heteroatoms. The molecule has 0 radical (unpaired) electrons. The molecule has 94 valence electrons. The van der Waals surface area contributed by atoms with Gasteiger partial charge < -0.3 is 10.2 Å². The number of hydrogen-bond donors (Lipinski definition) is 1. The fourth-order valence-electron chi connectivity index (χ4n) is 2.14. The number of anilines is 1. The van der Waals surface area contributed by atoms with Gasteiger partial charge in [0.25, 0.3) is 0 Å². The van der Waals surface area contributed by atoms with Crippen LogP contribution in [0.1, 0.15) is 31.9 Å². The molecule has 3 atom stereocenters. The number of rotatable bonds is 5. The molecule has 17 heavy (non-hydrogen) atoms. The normalized spacial score (nSPS) is 24.5. The van der Waals surface area contributed by atoms with Crippen molar-refractivity contribution < 1.29 is 0 Å². The fraction of sp³-hybridized carbons (Fsp3) is 0.643. The summed E-state index contributed by atoms with van der Waals surface area (Å²) in [6.45, 7) is 5.60. The Morgan fingerprint density at radius 2 is 2.24 bits per heavy atom. The molecule has 3 unspecified atom stereocenters. The third-order valence-electron chi connectivity index (χ3n) is 3.88. The molecule has 0 saturated heterocycles. The molecule has 3 nitrogen and oxygen atoms in total. The van der Waals surface area contributed by atoms with E-state index in [2.05, 4.69) is 48.2 Å². The summed E-state index contributed by atoms with van der Waals surface area (Å²) >= 11 is 0. The average molecular weight is 233 g/mol. The zero-order chi connectivity index (χ0) is 12.4. The van der Waals surface area contributed by atoms with E-state index in [-0.39, 0.29) is 0 Å². The zero-order valence-corrected chi connectivity index (χ0v) is 11.3. The Balaban J connectivity index is 1.96. The van der Waals surface area contributed by atoms with Crippen molar-refractivity contribution in [2.24, 2.45) is 11.8 Å². The van der Waals surface area contributed by atoms with Crippen LogP contribution >= 0.6 is 0 Å². The quantitative estimate of drug-likeness (QED) is 0.846. The predicted octanol–water partition coefficient (Wildman–Crippen LogP) is 2.45. The highest BCUT2D eigenvalue weighted by Crippen LogP contribution is 2.38. The van der Waals surface area contributed by atoms with Crippen LogP contribution in [0.25, 0.3) is 0 Å². The minimum atomic E-state index is 0.366. The largest absolute Gasteiger partial charge is 0.359 e. The third kappa shape index (κ3) is 2.97. The van der Waals surface area contributed by atoms with Crippen molar-refractivity contribution in [3.05, 3.63) is 23.9 Å². The Morgan fingerprint density at radius 1 is 1.53 bits per heavy atom. The van der Waals surface area contributed by atoms with Crippen molar-refractivity contribution in [3.8, 4) is 0 Å². The SMILES string of the molecule is CNC(C)c1ccc(N(C)CC2CC2C)nc1. The van der Waals surface area contributed by atoms with Crippen LogP contribution in [0.15, 0.2) is 18.3 Å². The van der Waals surface area contributed by atoms with Crippen LogP contribution in [-0.4, -0.2) is 25.6 Å². The molecule has 0 amide bonds. The van der Waals surface area contributed by atoms with Crippen LogP contribution in [0.3, 0.4) is 0 Å². The molecule has 0 aromatic carbocycles. The van der Waals surface area contributed by atoms with Gasteiger partial charge in [-0.2, -0.15) is 0 Å².